The Bertz CT molecular complexity index is 795. The average Bonchev–Trinajstić information content (AvgIpc) is 2.37. The molecule has 2 rings (SSSR count). The van der Waals surface area contributed by atoms with Crippen molar-refractivity contribution in [1.82, 2.24) is 0 Å². The quantitative estimate of drug-likeness (QED) is 0.743. The average molecular weight is 289 g/mol. The molecule has 2 aromatic rings. The Labute approximate surface area is 116 Å². The van der Waals surface area contributed by atoms with Gasteiger partial charge in [-0.15, -0.1) is 0 Å². The lowest BCUT2D eigenvalue weighted by molar-refractivity contribution is 0.475. The van der Waals surface area contributed by atoms with Gasteiger partial charge in [-0.25, -0.2) is 8.42 Å². The van der Waals surface area contributed by atoms with Crippen molar-refractivity contribution in [3.05, 3.63) is 48.0 Å². The Morgan fingerprint density at radius 3 is 2.55 bits per heavy atom. The molecule has 0 spiro atoms. The van der Waals surface area contributed by atoms with Crippen LogP contribution in [0.1, 0.15) is 5.56 Å². The molecule has 2 aromatic carbocycles. The van der Waals surface area contributed by atoms with Crippen LogP contribution in [0.5, 0.6) is 5.75 Å². The lowest BCUT2D eigenvalue weighted by Gasteiger charge is -2.10. The summed E-state index contributed by atoms with van der Waals surface area (Å²) in [6, 6.07) is 11.5. The summed E-state index contributed by atoms with van der Waals surface area (Å²) in [5.74, 6) is -0.0574. The zero-order chi connectivity index (χ0) is 14.8. The molecule has 0 unspecified atom stereocenters. The molecule has 0 fully saturated rings. The van der Waals surface area contributed by atoms with E-state index in [0.717, 1.165) is 0 Å². The molecule has 0 radical (unpaired) electrons. The molecular formula is C13H11N3O3S. The minimum atomic E-state index is -3.88. The number of phenolic OH excluding ortho intramolecular Hbond substituents is 1. The first kappa shape index (κ1) is 13.7. The number of hydrogen-bond acceptors (Lipinski definition) is 5. The number of sulfonamides is 1. The SMILES string of the molecule is N#Cc1ccc(S(=O)(=O)Nc2cccc(O)c2)c(N)c1. The standard InChI is InChI=1S/C13H11N3O3S/c14-8-9-4-5-13(12(15)6-9)20(18,19)16-10-2-1-3-11(17)7-10/h1-7,16-17H,15H2. The molecule has 20 heavy (non-hydrogen) atoms. The predicted molar refractivity (Wildman–Crippen MR) is 74.5 cm³/mol. The van der Waals surface area contributed by atoms with E-state index in [2.05, 4.69) is 4.72 Å². The Hall–Kier alpha value is -2.72. The topological polar surface area (TPSA) is 116 Å². The first-order chi connectivity index (χ1) is 9.42. The molecule has 0 heterocycles. The highest BCUT2D eigenvalue weighted by atomic mass is 32.2. The Balaban J connectivity index is 2.39. The van der Waals surface area contributed by atoms with Gasteiger partial charge in [0.1, 0.15) is 10.6 Å². The number of anilines is 2. The molecule has 0 saturated heterocycles. The maximum Gasteiger partial charge on any atom is 0.263 e. The number of phenols is 1. The van der Waals surface area contributed by atoms with Crippen LogP contribution in [0.25, 0.3) is 0 Å². The van der Waals surface area contributed by atoms with Crippen molar-refractivity contribution in [2.45, 2.75) is 4.90 Å². The second kappa shape index (κ2) is 5.11. The van der Waals surface area contributed by atoms with Crippen molar-refractivity contribution in [3.63, 3.8) is 0 Å². The summed E-state index contributed by atoms with van der Waals surface area (Å²) in [6.45, 7) is 0. The minimum absolute atomic E-state index is 0.0169. The fourth-order valence-electron chi connectivity index (χ4n) is 1.64. The number of benzene rings is 2. The van der Waals surface area contributed by atoms with E-state index in [9.17, 15) is 13.5 Å². The Kier molecular flexibility index (Phi) is 3.50. The van der Waals surface area contributed by atoms with Crippen molar-refractivity contribution >= 4 is 21.4 Å². The first-order valence-corrected chi connectivity index (χ1v) is 7.02. The van der Waals surface area contributed by atoms with E-state index < -0.39 is 10.0 Å². The van der Waals surface area contributed by atoms with Crippen LogP contribution in [-0.2, 0) is 10.0 Å². The Morgan fingerprint density at radius 2 is 1.95 bits per heavy atom. The molecule has 0 aliphatic heterocycles. The number of nitriles is 1. The smallest absolute Gasteiger partial charge is 0.263 e. The van der Waals surface area contributed by atoms with E-state index in [1.165, 1.54) is 42.5 Å². The molecule has 4 N–H and O–H groups in total. The number of hydrogen-bond donors (Lipinski definition) is 3. The van der Waals surface area contributed by atoms with Gasteiger partial charge in [0.15, 0.2) is 0 Å². The highest BCUT2D eigenvalue weighted by Gasteiger charge is 2.18. The van der Waals surface area contributed by atoms with Crippen LogP contribution in [-0.4, -0.2) is 13.5 Å². The van der Waals surface area contributed by atoms with Gasteiger partial charge in [-0.1, -0.05) is 6.07 Å². The number of nitrogens with two attached hydrogens (primary N) is 1. The van der Waals surface area contributed by atoms with E-state index in [1.54, 1.807) is 0 Å². The van der Waals surface area contributed by atoms with Crippen LogP contribution < -0.4 is 10.5 Å². The molecule has 102 valence electrons. The molecule has 7 heteroatoms. The van der Waals surface area contributed by atoms with Gasteiger partial charge in [0.2, 0.25) is 0 Å². The maximum absolute atomic E-state index is 12.2. The number of nitrogen functional groups attached to an aromatic ring is 1. The first-order valence-electron chi connectivity index (χ1n) is 5.54. The van der Waals surface area contributed by atoms with E-state index in [1.807, 2.05) is 6.07 Å². The third-order valence-corrected chi connectivity index (χ3v) is 3.98. The Morgan fingerprint density at radius 1 is 1.20 bits per heavy atom. The van der Waals surface area contributed by atoms with Crippen LogP contribution in [0.2, 0.25) is 0 Å². The normalized spacial score (nSPS) is 10.8. The number of aromatic hydroxyl groups is 1. The molecule has 0 amide bonds. The van der Waals surface area contributed by atoms with Crippen molar-refractivity contribution in [2.24, 2.45) is 0 Å². The van der Waals surface area contributed by atoms with Crippen molar-refractivity contribution in [2.75, 3.05) is 10.5 Å². The minimum Gasteiger partial charge on any atom is -0.508 e. The third kappa shape index (κ3) is 2.81. The van der Waals surface area contributed by atoms with E-state index >= 15 is 0 Å². The molecule has 0 aliphatic carbocycles. The fourth-order valence-corrected chi connectivity index (χ4v) is 2.81. The maximum atomic E-state index is 12.2. The summed E-state index contributed by atoms with van der Waals surface area (Å²) in [7, 11) is -3.88. The summed E-state index contributed by atoms with van der Waals surface area (Å²) in [4.78, 5) is -0.125. The van der Waals surface area contributed by atoms with Gasteiger partial charge in [-0.2, -0.15) is 5.26 Å². The van der Waals surface area contributed by atoms with E-state index in [-0.39, 0.29) is 27.6 Å². The van der Waals surface area contributed by atoms with Crippen LogP contribution >= 0.6 is 0 Å². The van der Waals surface area contributed by atoms with Gasteiger partial charge in [0, 0.05) is 6.07 Å². The van der Waals surface area contributed by atoms with Crippen LogP contribution in [0, 0.1) is 11.3 Å². The highest BCUT2D eigenvalue weighted by Crippen LogP contribution is 2.24. The van der Waals surface area contributed by atoms with Crippen LogP contribution in [0.15, 0.2) is 47.4 Å². The molecule has 0 bridgehead atoms. The van der Waals surface area contributed by atoms with Crippen molar-refractivity contribution in [1.29, 1.82) is 5.26 Å². The van der Waals surface area contributed by atoms with Gasteiger partial charge in [-0.3, -0.25) is 4.72 Å². The summed E-state index contributed by atoms with van der Waals surface area (Å²) >= 11 is 0. The van der Waals surface area contributed by atoms with E-state index in [0.29, 0.717) is 0 Å². The lowest BCUT2D eigenvalue weighted by atomic mass is 10.2. The van der Waals surface area contributed by atoms with Gasteiger partial charge in [-0.05, 0) is 30.3 Å². The van der Waals surface area contributed by atoms with Crippen molar-refractivity contribution < 1.29 is 13.5 Å². The molecule has 0 saturated carbocycles. The zero-order valence-electron chi connectivity index (χ0n) is 10.2. The van der Waals surface area contributed by atoms with Gasteiger partial charge in [0.05, 0.1) is 23.0 Å². The molecule has 0 aliphatic rings. The summed E-state index contributed by atoms with van der Waals surface area (Å²) in [5.41, 5.74) is 6.12. The van der Waals surface area contributed by atoms with E-state index in [4.69, 9.17) is 11.0 Å². The fraction of sp³-hybridized carbons (Fsp3) is 0. The van der Waals surface area contributed by atoms with Crippen molar-refractivity contribution in [3.8, 4) is 11.8 Å². The van der Waals surface area contributed by atoms with Gasteiger partial charge >= 0.3 is 0 Å². The van der Waals surface area contributed by atoms with Gasteiger partial charge < -0.3 is 10.8 Å². The number of nitrogens with zero attached hydrogens (tertiary/aromatic N) is 1. The lowest BCUT2D eigenvalue weighted by Crippen LogP contribution is -2.14. The largest absolute Gasteiger partial charge is 0.508 e. The number of nitrogens with one attached hydrogen (secondary N) is 1. The molecule has 0 atom stereocenters. The monoisotopic (exact) mass is 289 g/mol. The van der Waals surface area contributed by atoms with Gasteiger partial charge in [0.25, 0.3) is 10.0 Å². The molecule has 6 nitrogen and oxygen atoms in total. The van der Waals surface area contributed by atoms with Crippen LogP contribution in [0.3, 0.4) is 0 Å². The summed E-state index contributed by atoms with van der Waals surface area (Å²) in [5, 5.41) is 18.0. The predicted octanol–water partition coefficient (Wildman–Crippen LogP) is 1.65. The summed E-state index contributed by atoms with van der Waals surface area (Å²) in [6.07, 6.45) is 0. The second-order valence-corrected chi connectivity index (χ2v) is 5.67. The summed E-state index contributed by atoms with van der Waals surface area (Å²) < 4.78 is 26.7. The number of rotatable bonds is 3. The third-order valence-electron chi connectivity index (χ3n) is 2.53. The molecule has 0 aromatic heterocycles. The highest BCUT2D eigenvalue weighted by molar-refractivity contribution is 7.92. The molecular weight excluding hydrogens is 278 g/mol. The van der Waals surface area contributed by atoms with Crippen LogP contribution in [0.4, 0.5) is 11.4 Å². The second-order valence-electron chi connectivity index (χ2n) is 4.02. The zero-order valence-corrected chi connectivity index (χ0v) is 11.1.